The first-order valence-electron chi connectivity index (χ1n) is 10.9. The molecule has 0 radical (unpaired) electrons. The number of benzene rings is 1. The van der Waals surface area contributed by atoms with Gasteiger partial charge in [-0.15, -0.1) is 0 Å². The summed E-state index contributed by atoms with van der Waals surface area (Å²) in [6.07, 6.45) is 10.6. The van der Waals surface area contributed by atoms with Gasteiger partial charge in [0, 0.05) is 23.9 Å². The largest absolute Gasteiger partial charge is 0.352 e. The van der Waals surface area contributed by atoms with Gasteiger partial charge in [0.05, 0.1) is 11.7 Å². The number of aryl methyl sites for hydroxylation is 1. The van der Waals surface area contributed by atoms with Crippen LogP contribution in [0.25, 0.3) is 21.8 Å². The summed E-state index contributed by atoms with van der Waals surface area (Å²) in [5.74, 6) is 0.0135. The van der Waals surface area contributed by atoms with Gasteiger partial charge in [0.1, 0.15) is 11.6 Å². The molecule has 1 amide bonds. The van der Waals surface area contributed by atoms with Gasteiger partial charge in [0.15, 0.2) is 0 Å². The van der Waals surface area contributed by atoms with Crippen LogP contribution in [0, 0.1) is 0 Å². The zero-order chi connectivity index (χ0) is 20.4. The lowest BCUT2D eigenvalue weighted by atomic mass is 9.96. The van der Waals surface area contributed by atoms with Gasteiger partial charge >= 0.3 is 0 Å². The van der Waals surface area contributed by atoms with Crippen LogP contribution in [0.2, 0.25) is 0 Å². The van der Waals surface area contributed by atoms with E-state index in [9.17, 15) is 9.59 Å². The second-order valence-corrected chi connectivity index (χ2v) is 8.20. The van der Waals surface area contributed by atoms with Gasteiger partial charge in [-0.1, -0.05) is 57.2 Å². The predicted molar refractivity (Wildman–Crippen MR) is 116 cm³/mol. The molecule has 29 heavy (non-hydrogen) atoms. The Labute approximate surface area is 170 Å². The fraction of sp³-hybridized carbons (Fsp3) is 0.522. The van der Waals surface area contributed by atoms with E-state index < -0.39 is 6.04 Å². The lowest BCUT2D eigenvalue weighted by Crippen LogP contribution is -2.40. The molecule has 6 heteroatoms. The molecule has 1 fully saturated rings. The van der Waals surface area contributed by atoms with E-state index in [4.69, 9.17) is 0 Å². The van der Waals surface area contributed by atoms with Crippen LogP contribution in [0.1, 0.15) is 64.3 Å². The maximum absolute atomic E-state index is 13.4. The zero-order valence-electron chi connectivity index (χ0n) is 17.4. The fourth-order valence-electron chi connectivity index (χ4n) is 4.70. The number of carbonyl (C=O) groups excluding carboxylic acids is 1. The summed E-state index contributed by atoms with van der Waals surface area (Å²) in [6, 6.07) is 7.70. The average molecular weight is 395 g/mol. The minimum absolute atomic E-state index is 0.0135. The molecule has 1 N–H and O–H groups in total. The third-order valence-electron chi connectivity index (χ3n) is 6.26. The minimum atomic E-state index is -0.419. The monoisotopic (exact) mass is 394 g/mol. The van der Waals surface area contributed by atoms with Crippen LogP contribution in [0.5, 0.6) is 0 Å². The van der Waals surface area contributed by atoms with Crippen LogP contribution >= 0.6 is 0 Å². The molecule has 4 rings (SSSR count). The minimum Gasteiger partial charge on any atom is -0.352 e. The number of hydrogen-bond donors (Lipinski definition) is 1. The lowest BCUT2D eigenvalue weighted by molar-refractivity contribution is -0.125. The number of fused-ring (bicyclic) bond motifs is 3. The third kappa shape index (κ3) is 3.68. The average Bonchev–Trinajstić information content (AvgIpc) is 3.03. The van der Waals surface area contributed by atoms with Crippen LogP contribution in [0.4, 0.5) is 0 Å². The van der Waals surface area contributed by atoms with Crippen molar-refractivity contribution in [1.82, 2.24) is 19.7 Å². The van der Waals surface area contributed by atoms with Gasteiger partial charge in [-0.25, -0.2) is 4.68 Å². The van der Waals surface area contributed by atoms with Gasteiger partial charge in [-0.05, 0) is 25.3 Å². The van der Waals surface area contributed by atoms with Crippen molar-refractivity contribution in [2.75, 3.05) is 0 Å². The van der Waals surface area contributed by atoms with Crippen LogP contribution < -0.4 is 10.9 Å². The molecule has 2 aromatic heterocycles. The Morgan fingerprint density at radius 3 is 2.55 bits per heavy atom. The van der Waals surface area contributed by atoms with Crippen molar-refractivity contribution in [3.8, 4) is 0 Å². The van der Waals surface area contributed by atoms with Gasteiger partial charge in [0.25, 0.3) is 5.56 Å². The molecule has 2 heterocycles. The van der Waals surface area contributed by atoms with Crippen molar-refractivity contribution in [3.05, 3.63) is 40.8 Å². The molecular formula is C23H30N4O2. The van der Waals surface area contributed by atoms with Crippen LogP contribution in [-0.2, 0) is 11.8 Å². The summed E-state index contributed by atoms with van der Waals surface area (Å²) in [5.41, 5.74) is 1.30. The van der Waals surface area contributed by atoms with Crippen molar-refractivity contribution in [3.63, 3.8) is 0 Å². The van der Waals surface area contributed by atoms with Crippen LogP contribution in [0.3, 0.4) is 0 Å². The van der Waals surface area contributed by atoms with E-state index in [1.807, 2.05) is 35.8 Å². The van der Waals surface area contributed by atoms with Gasteiger partial charge in [-0.3, -0.25) is 9.59 Å². The van der Waals surface area contributed by atoms with E-state index in [1.165, 1.54) is 36.8 Å². The molecule has 154 valence electrons. The summed E-state index contributed by atoms with van der Waals surface area (Å²) >= 11 is 0. The third-order valence-corrected chi connectivity index (χ3v) is 6.26. The topological polar surface area (TPSA) is 68.9 Å². The molecular weight excluding hydrogens is 364 g/mol. The van der Waals surface area contributed by atoms with Crippen molar-refractivity contribution in [2.24, 2.45) is 7.05 Å². The van der Waals surface area contributed by atoms with Crippen LogP contribution in [0.15, 0.2) is 35.3 Å². The first-order valence-corrected chi connectivity index (χ1v) is 10.9. The molecule has 1 saturated carbocycles. The second-order valence-electron chi connectivity index (χ2n) is 8.20. The number of carbonyl (C=O) groups is 1. The molecule has 0 saturated heterocycles. The van der Waals surface area contributed by atoms with Gasteiger partial charge in [0.2, 0.25) is 5.91 Å². The number of rotatable bonds is 4. The molecule has 0 spiro atoms. The summed E-state index contributed by atoms with van der Waals surface area (Å²) in [7, 11) is 1.65. The normalized spacial score (nSPS) is 17.2. The summed E-state index contributed by atoms with van der Waals surface area (Å²) in [5, 5.41) is 9.28. The zero-order valence-corrected chi connectivity index (χ0v) is 17.4. The Kier molecular flexibility index (Phi) is 5.69. The highest BCUT2D eigenvalue weighted by atomic mass is 16.2. The van der Waals surface area contributed by atoms with Crippen molar-refractivity contribution < 1.29 is 4.79 Å². The Morgan fingerprint density at radius 1 is 1.14 bits per heavy atom. The van der Waals surface area contributed by atoms with Gasteiger partial charge < -0.3 is 9.88 Å². The number of nitrogens with zero attached hydrogens (tertiary/aromatic N) is 3. The Hall–Kier alpha value is -2.63. The molecule has 1 aromatic carbocycles. The molecule has 1 aliphatic carbocycles. The Bertz CT molecular complexity index is 1070. The standard InChI is InChI=1S/C23H30N4O2/c1-3-19(22(28)25-16-11-7-5-4-6-8-12-16)27-20-14-10-9-13-17(20)18-15-24-26(2)23(29)21(18)27/h9-10,13-16,19H,3-8,11-12H2,1-2H3,(H,25,28)/t19-/m0/s1. The first-order chi connectivity index (χ1) is 14.1. The highest BCUT2D eigenvalue weighted by molar-refractivity contribution is 6.08. The highest BCUT2D eigenvalue weighted by Gasteiger charge is 2.27. The molecule has 0 aliphatic heterocycles. The van der Waals surface area contributed by atoms with Crippen molar-refractivity contribution >= 4 is 27.7 Å². The molecule has 3 aromatic rings. The smallest absolute Gasteiger partial charge is 0.291 e. The lowest BCUT2D eigenvalue weighted by Gasteiger charge is -2.25. The van der Waals surface area contributed by atoms with E-state index in [0.717, 1.165) is 29.1 Å². The Morgan fingerprint density at radius 2 is 1.83 bits per heavy atom. The summed E-state index contributed by atoms with van der Waals surface area (Å²) in [4.78, 5) is 26.3. The maximum atomic E-state index is 13.4. The fourth-order valence-corrected chi connectivity index (χ4v) is 4.70. The maximum Gasteiger partial charge on any atom is 0.291 e. The predicted octanol–water partition coefficient (Wildman–Crippen LogP) is 4.07. The van der Waals surface area contributed by atoms with Crippen molar-refractivity contribution in [1.29, 1.82) is 0 Å². The number of para-hydroxylation sites is 1. The number of aromatic nitrogens is 3. The van der Waals surface area contributed by atoms with Gasteiger partial charge in [-0.2, -0.15) is 5.10 Å². The Balaban J connectivity index is 1.77. The SMILES string of the molecule is CC[C@@H](C(=O)NC1CCCCCCC1)n1c2ccccc2c2cnn(C)c(=O)c21. The number of nitrogens with one attached hydrogen (secondary N) is 1. The second kappa shape index (κ2) is 8.39. The van der Waals surface area contributed by atoms with E-state index in [-0.39, 0.29) is 17.5 Å². The highest BCUT2D eigenvalue weighted by Crippen LogP contribution is 2.31. The quantitative estimate of drug-likeness (QED) is 0.725. The van der Waals surface area contributed by atoms with E-state index in [0.29, 0.717) is 11.9 Å². The first kappa shape index (κ1) is 19.7. The molecule has 6 nitrogen and oxygen atoms in total. The van der Waals surface area contributed by atoms with E-state index in [1.54, 1.807) is 13.2 Å². The molecule has 1 aliphatic rings. The number of hydrogen-bond acceptors (Lipinski definition) is 3. The molecule has 0 unspecified atom stereocenters. The van der Waals surface area contributed by atoms with E-state index in [2.05, 4.69) is 10.4 Å². The molecule has 1 atom stereocenters. The van der Waals surface area contributed by atoms with Crippen molar-refractivity contribution in [2.45, 2.75) is 70.4 Å². The van der Waals surface area contributed by atoms with Crippen LogP contribution in [-0.4, -0.2) is 26.3 Å². The summed E-state index contributed by atoms with van der Waals surface area (Å²) < 4.78 is 3.28. The molecule has 0 bridgehead atoms. The summed E-state index contributed by atoms with van der Waals surface area (Å²) in [6.45, 7) is 2.01. The van der Waals surface area contributed by atoms with E-state index >= 15 is 0 Å². The number of amides is 1.